The Bertz CT molecular complexity index is 775. The first-order valence-corrected chi connectivity index (χ1v) is 10.1. The average molecular weight is 381 g/mol. The molecule has 5 aliphatic carbocycles. The quantitative estimate of drug-likeness (QED) is 0.677. The number of halogens is 1. The predicted octanol–water partition coefficient (Wildman–Crippen LogP) is 5.00. The van der Waals surface area contributed by atoms with Gasteiger partial charge in [0.2, 0.25) is 0 Å². The topological polar surface area (TPSA) is 9.23 Å². The molecule has 0 heterocycles. The third-order valence-electron chi connectivity index (χ3n) is 7.44. The lowest BCUT2D eigenvalue weighted by atomic mass is 9.78. The van der Waals surface area contributed by atoms with Crippen LogP contribution >= 0.6 is 15.9 Å². The summed E-state index contributed by atoms with van der Waals surface area (Å²) >= 11 is 4.14. The van der Waals surface area contributed by atoms with Gasteiger partial charge in [-0.05, 0) is 53.1 Å². The standard InChI is InChI=1S/C22H21BrO/c23-21-19-16-11-15-17(19)18(15)20(16)22(21,14-9-5-2-6-10-14)24-12-13-7-3-1-4-8-13/h1-10,15-21H,11-12H2/t15-,16+,17+,18-,19+,20-,21+,22-/m1/s1. The van der Waals surface area contributed by atoms with Crippen molar-refractivity contribution in [2.24, 2.45) is 35.5 Å². The number of hydrogen-bond acceptors (Lipinski definition) is 1. The Morgan fingerprint density at radius 3 is 2.25 bits per heavy atom. The largest absolute Gasteiger partial charge is 0.364 e. The molecule has 0 saturated heterocycles. The minimum atomic E-state index is -0.140. The molecular formula is C22H21BrO. The molecule has 5 fully saturated rings. The van der Waals surface area contributed by atoms with Gasteiger partial charge < -0.3 is 4.74 Å². The van der Waals surface area contributed by atoms with Gasteiger partial charge in [-0.3, -0.25) is 0 Å². The molecule has 0 aliphatic heterocycles. The summed E-state index contributed by atoms with van der Waals surface area (Å²) < 4.78 is 6.86. The van der Waals surface area contributed by atoms with Crippen molar-refractivity contribution in [2.45, 2.75) is 23.5 Å². The van der Waals surface area contributed by atoms with Crippen LogP contribution in [0.25, 0.3) is 0 Å². The third-order valence-corrected chi connectivity index (χ3v) is 8.73. The number of alkyl halides is 1. The van der Waals surface area contributed by atoms with E-state index in [9.17, 15) is 0 Å². The smallest absolute Gasteiger partial charge is 0.110 e. The second-order valence-electron chi connectivity index (χ2n) is 8.16. The number of hydrogen-bond donors (Lipinski definition) is 0. The van der Waals surface area contributed by atoms with Crippen LogP contribution in [-0.2, 0) is 16.9 Å². The second-order valence-corrected chi connectivity index (χ2v) is 9.14. The molecule has 5 saturated carbocycles. The van der Waals surface area contributed by atoms with Crippen LogP contribution in [0.15, 0.2) is 60.7 Å². The first kappa shape index (κ1) is 14.1. The average Bonchev–Trinajstić information content (AvgIpc) is 2.98. The molecule has 2 aromatic rings. The summed E-state index contributed by atoms with van der Waals surface area (Å²) in [5, 5.41) is 0. The van der Waals surface area contributed by atoms with Gasteiger partial charge in [0.15, 0.2) is 0 Å². The van der Waals surface area contributed by atoms with E-state index in [1.165, 1.54) is 17.5 Å². The third kappa shape index (κ3) is 1.55. The van der Waals surface area contributed by atoms with Gasteiger partial charge in [0.05, 0.1) is 11.4 Å². The molecule has 5 aliphatic rings. The van der Waals surface area contributed by atoms with Crippen molar-refractivity contribution in [3.8, 4) is 0 Å². The van der Waals surface area contributed by atoms with Crippen LogP contribution in [0.4, 0.5) is 0 Å². The van der Waals surface area contributed by atoms with Crippen molar-refractivity contribution >= 4 is 15.9 Å². The minimum Gasteiger partial charge on any atom is -0.364 e. The van der Waals surface area contributed by atoms with Gasteiger partial charge in [0.25, 0.3) is 0 Å². The van der Waals surface area contributed by atoms with E-state index in [1.54, 1.807) is 0 Å². The van der Waals surface area contributed by atoms with Gasteiger partial charge in [-0.15, -0.1) is 0 Å². The van der Waals surface area contributed by atoms with Crippen LogP contribution in [0.3, 0.4) is 0 Å². The molecular weight excluding hydrogens is 360 g/mol. The van der Waals surface area contributed by atoms with Crippen molar-refractivity contribution < 1.29 is 4.74 Å². The molecule has 0 unspecified atom stereocenters. The van der Waals surface area contributed by atoms with Gasteiger partial charge in [-0.2, -0.15) is 0 Å². The summed E-state index contributed by atoms with van der Waals surface area (Å²) in [6.45, 7) is 0.704. The molecule has 122 valence electrons. The molecule has 0 spiro atoms. The van der Waals surface area contributed by atoms with Crippen molar-refractivity contribution in [2.75, 3.05) is 0 Å². The van der Waals surface area contributed by atoms with Gasteiger partial charge in [0.1, 0.15) is 5.60 Å². The molecule has 0 aromatic heterocycles. The van der Waals surface area contributed by atoms with Crippen LogP contribution in [0.1, 0.15) is 17.5 Å². The molecule has 0 amide bonds. The first-order chi connectivity index (χ1) is 11.8. The Morgan fingerprint density at radius 1 is 0.875 bits per heavy atom. The summed E-state index contributed by atoms with van der Waals surface area (Å²) in [6.07, 6.45) is 1.45. The fourth-order valence-corrected chi connectivity index (χ4v) is 8.24. The maximum absolute atomic E-state index is 6.86. The number of rotatable bonds is 4. The lowest BCUT2D eigenvalue weighted by Gasteiger charge is -2.42. The Hall–Kier alpha value is -1.12. The monoisotopic (exact) mass is 380 g/mol. The van der Waals surface area contributed by atoms with Crippen LogP contribution in [0.2, 0.25) is 0 Å². The zero-order chi connectivity index (χ0) is 15.9. The van der Waals surface area contributed by atoms with E-state index < -0.39 is 0 Å². The summed E-state index contributed by atoms with van der Waals surface area (Å²) in [4.78, 5) is 0.458. The summed E-state index contributed by atoms with van der Waals surface area (Å²) in [7, 11) is 0. The summed E-state index contributed by atoms with van der Waals surface area (Å²) in [5.41, 5.74) is 2.51. The molecule has 8 atom stereocenters. The zero-order valence-corrected chi connectivity index (χ0v) is 15.1. The molecule has 6 bridgehead atoms. The van der Waals surface area contributed by atoms with Crippen molar-refractivity contribution in [3.05, 3.63) is 71.8 Å². The lowest BCUT2D eigenvalue weighted by Crippen LogP contribution is -2.45. The highest BCUT2D eigenvalue weighted by atomic mass is 79.9. The molecule has 2 heteroatoms. The minimum absolute atomic E-state index is 0.140. The maximum atomic E-state index is 6.86. The van der Waals surface area contributed by atoms with Crippen LogP contribution in [0, 0.1) is 35.5 Å². The van der Waals surface area contributed by atoms with Gasteiger partial charge in [-0.25, -0.2) is 0 Å². The summed E-state index contributed by atoms with van der Waals surface area (Å²) in [5.74, 6) is 5.38. The van der Waals surface area contributed by atoms with Crippen molar-refractivity contribution in [1.82, 2.24) is 0 Å². The molecule has 24 heavy (non-hydrogen) atoms. The Kier molecular flexibility index (Phi) is 2.78. The van der Waals surface area contributed by atoms with Crippen LogP contribution < -0.4 is 0 Å². The Labute approximate surface area is 151 Å². The van der Waals surface area contributed by atoms with Gasteiger partial charge >= 0.3 is 0 Å². The van der Waals surface area contributed by atoms with E-state index in [-0.39, 0.29) is 5.60 Å². The summed E-state index contributed by atoms with van der Waals surface area (Å²) in [6, 6.07) is 21.7. The van der Waals surface area contributed by atoms with Gasteiger partial charge in [0, 0.05) is 0 Å². The van der Waals surface area contributed by atoms with E-state index in [0.29, 0.717) is 17.4 Å². The predicted molar refractivity (Wildman–Crippen MR) is 97.6 cm³/mol. The van der Waals surface area contributed by atoms with E-state index >= 15 is 0 Å². The lowest BCUT2D eigenvalue weighted by molar-refractivity contribution is -0.0997. The fraction of sp³-hybridized carbons (Fsp3) is 0.455. The normalized spacial score (nSPS) is 46.5. The van der Waals surface area contributed by atoms with Crippen molar-refractivity contribution in [3.63, 3.8) is 0 Å². The van der Waals surface area contributed by atoms with E-state index in [2.05, 4.69) is 76.6 Å². The van der Waals surface area contributed by atoms with Gasteiger partial charge in [-0.1, -0.05) is 76.6 Å². The highest BCUT2D eigenvalue weighted by Gasteiger charge is 2.84. The van der Waals surface area contributed by atoms with Crippen LogP contribution in [-0.4, -0.2) is 4.83 Å². The first-order valence-electron chi connectivity index (χ1n) is 9.20. The highest BCUT2D eigenvalue weighted by Crippen LogP contribution is 2.85. The van der Waals surface area contributed by atoms with E-state index in [0.717, 1.165) is 29.6 Å². The molecule has 7 rings (SSSR count). The highest BCUT2D eigenvalue weighted by molar-refractivity contribution is 9.09. The zero-order valence-electron chi connectivity index (χ0n) is 13.5. The van der Waals surface area contributed by atoms with E-state index in [1.807, 2.05) is 0 Å². The number of benzene rings is 2. The van der Waals surface area contributed by atoms with Crippen LogP contribution in [0.5, 0.6) is 0 Å². The SMILES string of the molecule is Br[C@H]1[C@H]2[C@@H]3C[C@@H]4[C@H]2[C@@H]4[C@@H]3[C@]1(OCc1ccccc1)c1ccccc1. The molecule has 1 nitrogen and oxygen atoms in total. The molecule has 0 radical (unpaired) electrons. The number of ether oxygens (including phenoxy) is 1. The van der Waals surface area contributed by atoms with Crippen molar-refractivity contribution in [1.29, 1.82) is 0 Å². The molecule has 2 aromatic carbocycles. The maximum Gasteiger partial charge on any atom is 0.110 e. The fourth-order valence-electron chi connectivity index (χ4n) is 6.79. The Balaban J connectivity index is 1.42. The Morgan fingerprint density at radius 2 is 1.58 bits per heavy atom. The second kappa shape index (κ2) is 4.74. The molecule has 0 N–H and O–H groups in total. The van der Waals surface area contributed by atoms with E-state index in [4.69, 9.17) is 4.74 Å².